The highest BCUT2D eigenvalue weighted by Crippen LogP contribution is 2.30. The zero-order chi connectivity index (χ0) is 17.2. The smallest absolute Gasteiger partial charge is 0.354 e. The highest BCUT2D eigenvalue weighted by Gasteiger charge is 2.34. The summed E-state index contributed by atoms with van der Waals surface area (Å²) in [5.74, 6) is -2.38. The Morgan fingerprint density at radius 3 is 2.65 bits per heavy atom. The third kappa shape index (κ3) is 3.80. The molecular weight excluding hydrogens is 316 g/mol. The number of hydrogen-bond donors (Lipinski definition) is 1. The summed E-state index contributed by atoms with van der Waals surface area (Å²) in [7, 11) is 1.29. The molecule has 0 aliphatic carbocycles. The maximum atomic E-state index is 13.8. The number of nitrogens with one attached hydrogen (secondary N) is 1. The van der Waals surface area contributed by atoms with Gasteiger partial charge >= 0.3 is 6.18 Å². The zero-order valence-corrected chi connectivity index (χ0v) is 12.4. The number of carbonyl (C=O) groups excluding carboxylic acids is 2. The molecule has 0 saturated carbocycles. The molecule has 126 valence electrons. The number of hydrogen-bond acceptors (Lipinski definition) is 2. The summed E-state index contributed by atoms with van der Waals surface area (Å²) in [4.78, 5) is 25.3. The van der Waals surface area contributed by atoms with Crippen LogP contribution < -0.4 is 5.32 Å². The first kappa shape index (κ1) is 17.2. The summed E-state index contributed by atoms with van der Waals surface area (Å²) in [5, 5.41) is 2.63. The summed E-state index contributed by atoms with van der Waals surface area (Å²) in [6, 6.07) is 0.837. The number of amides is 2. The fourth-order valence-electron chi connectivity index (χ4n) is 2.49. The largest absolute Gasteiger partial charge is 0.416 e. The lowest BCUT2D eigenvalue weighted by molar-refractivity contribution is -0.137. The van der Waals surface area contributed by atoms with Gasteiger partial charge in [0.05, 0.1) is 11.1 Å². The minimum absolute atomic E-state index is 0.384. The van der Waals surface area contributed by atoms with Crippen molar-refractivity contribution in [2.45, 2.75) is 31.5 Å². The van der Waals surface area contributed by atoms with Crippen molar-refractivity contribution in [3.05, 3.63) is 35.1 Å². The van der Waals surface area contributed by atoms with Gasteiger partial charge < -0.3 is 10.2 Å². The molecule has 1 fully saturated rings. The summed E-state index contributed by atoms with van der Waals surface area (Å²) >= 11 is 0. The van der Waals surface area contributed by atoms with E-state index in [-0.39, 0.29) is 5.91 Å². The number of alkyl halides is 3. The van der Waals surface area contributed by atoms with E-state index in [1.165, 1.54) is 7.05 Å². The van der Waals surface area contributed by atoms with E-state index in [2.05, 4.69) is 5.32 Å². The van der Waals surface area contributed by atoms with Crippen LogP contribution in [0.3, 0.4) is 0 Å². The fraction of sp³-hybridized carbons (Fsp3) is 0.467. The van der Waals surface area contributed by atoms with E-state index in [0.717, 1.165) is 11.3 Å². The second-order valence-electron chi connectivity index (χ2n) is 5.41. The van der Waals surface area contributed by atoms with Gasteiger partial charge in [-0.2, -0.15) is 13.2 Å². The molecular formula is C15H16F4N2O2. The Balaban J connectivity index is 2.30. The van der Waals surface area contributed by atoms with Crippen LogP contribution in [-0.4, -0.2) is 36.3 Å². The van der Waals surface area contributed by atoms with Crippen molar-refractivity contribution >= 4 is 11.8 Å². The molecule has 1 aromatic carbocycles. The first-order valence-corrected chi connectivity index (χ1v) is 7.13. The van der Waals surface area contributed by atoms with E-state index in [1.54, 1.807) is 0 Å². The van der Waals surface area contributed by atoms with Crippen molar-refractivity contribution in [2.75, 3.05) is 13.6 Å². The second kappa shape index (κ2) is 6.55. The molecule has 0 spiro atoms. The first-order chi connectivity index (χ1) is 10.7. The summed E-state index contributed by atoms with van der Waals surface area (Å²) < 4.78 is 52.0. The molecule has 1 aliphatic heterocycles. The molecule has 0 bridgehead atoms. The van der Waals surface area contributed by atoms with Gasteiger partial charge in [-0.25, -0.2) is 4.39 Å². The molecule has 1 aliphatic rings. The SMILES string of the molecule is CN(C(=O)c1cc(C(F)(F)F)ccc1F)C1CCCCNC1=O. The highest BCUT2D eigenvalue weighted by molar-refractivity contribution is 5.97. The average Bonchev–Trinajstić information content (AvgIpc) is 2.69. The van der Waals surface area contributed by atoms with Gasteiger partial charge in [-0.3, -0.25) is 9.59 Å². The first-order valence-electron chi connectivity index (χ1n) is 7.13. The Bertz CT molecular complexity index is 616. The molecule has 0 aromatic heterocycles. The monoisotopic (exact) mass is 332 g/mol. The van der Waals surface area contributed by atoms with Crippen molar-refractivity contribution in [1.29, 1.82) is 0 Å². The van der Waals surface area contributed by atoms with Crippen molar-refractivity contribution in [3.8, 4) is 0 Å². The summed E-state index contributed by atoms with van der Waals surface area (Å²) in [6.45, 7) is 0.481. The predicted octanol–water partition coefficient (Wildman–Crippen LogP) is 2.59. The number of likely N-dealkylation sites (N-methyl/N-ethyl adjacent to an activating group) is 1. The minimum atomic E-state index is -4.68. The third-order valence-electron chi connectivity index (χ3n) is 3.82. The van der Waals surface area contributed by atoms with E-state index in [9.17, 15) is 27.2 Å². The van der Waals surface area contributed by atoms with Crippen molar-refractivity contribution in [3.63, 3.8) is 0 Å². The zero-order valence-electron chi connectivity index (χ0n) is 12.4. The second-order valence-corrected chi connectivity index (χ2v) is 5.41. The standard InChI is InChI=1S/C15H16F4N2O2/c1-21(12-4-2-3-7-20-13(12)22)14(23)10-8-9(15(17,18)19)5-6-11(10)16/h5-6,8,12H,2-4,7H2,1H3,(H,20,22). The van der Waals surface area contributed by atoms with Crippen LogP contribution in [0.5, 0.6) is 0 Å². The van der Waals surface area contributed by atoms with E-state index in [1.807, 2.05) is 0 Å². The van der Waals surface area contributed by atoms with Gasteiger partial charge in [-0.15, -0.1) is 0 Å². The quantitative estimate of drug-likeness (QED) is 0.847. The van der Waals surface area contributed by atoms with Gasteiger partial charge in [0.15, 0.2) is 0 Å². The normalized spacial score (nSPS) is 19.0. The summed E-state index contributed by atoms with van der Waals surface area (Å²) in [6.07, 6.45) is -2.86. The van der Waals surface area contributed by atoms with Gasteiger partial charge in [0, 0.05) is 13.6 Å². The Kier molecular flexibility index (Phi) is 4.91. The van der Waals surface area contributed by atoms with Gasteiger partial charge in [-0.1, -0.05) is 0 Å². The molecule has 4 nitrogen and oxygen atoms in total. The van der Waals surface area contributed by atoms with Crippen LogP contribution in [0, 0.1) is 5.82 Å². The minimum Gasteiger partial charge on any atom is -0.354 e. The van der Waals surface area contributed by atoms with Crippen molar-refractivity contribution < 1.29 is 27.2 Å². The lowest BCUT2D eigenvalue weighted by Gasteiger charge is -2.26. The highest BCUT2D eigenvalue weighted by atomic mass is 19.4. The lowest BCUT2D eigenvalue weighted by atomic mass is 10.1. The number of halogens is 4. The fourth-order valence-corrected chi connectivity index (χ4v) is 2.49. The third-order valence-corrected chi connectivity index (χ3v) is 3.82. The van der Waals surface area contributed by atoms with Crippen molar-refractivity contribution in [1.82, 2.24) is 10.2 Å². The Morgan fingerprint density at radius 2 is 2.00 bits per heavy atom. The Labute approximate surface area is 130 Å². The topological polar surface area (TPSA) is 49.4 Å². The van der Waals surface area contributed by atoms with Gasteiger partial charge in [0.25, 0.3) is 5.91 Å². The number of carbonyl (C=O) groups is 2. The van der Waals surface area contributed by atoms with Crippen LogP contribution in [0.2, 0.25) is 0 Å². The van der Waals surface area contributed by atoms with Crippen LogP contribution in [0.1, 0.15) is 35.2 Å². The Hall–Kier alpha value is -2.12. The van der Waals surface area contributed by atoms with Crippen LogP contribution in [-0.2, 0) is 11.0 Å². The molecule has 8 heteroatoms. The van der Waals surface area contributed by atoms with E-state index < -0.39 is 35.1 Å². The molecule has 0 radical (unpaired) electrons. The molecule has 23 heavy (non-hydrogen) atoms. The van der Waals surface area contributed by atoms with E-state index >= 15 is 0 Å². The van der Waals surface area contributed by atoms with Crippen LogP contribution in [0.15, 0.2) is 18.2 Å². The molecule has 1 aromatic rings. The maximum absolute atomic E-state index is 13.8. The van der Waals surface area contributed by atoms with Crippen LogP contribution in [0.25, 0.3) is 0 Å². The molecule has 1 atom stereocenters. The lowest BCUT2D eigenvalue weighted by Crippen LogP contribution is -2.46. The predicted molar refractivity (Wildman–Crippen MR) is 74.1 cm³/mol. The van der Waals surface area contributed by atoms with Gasteiger partial charge in [-0.05, 0) is 37.5 Å². The maximum Gasteiger partial charge on any atom is 0.416 e. The molecule has 1 N–H and O–H groups in total. The number of rotatable bonds is 2. The molecule has 1 unspecified atom stereocenters. The van der Waals surface area contributed by atoms with Crippen LogP contribution in [0.4, 0.5) is 17.6 Å². The molecule has 1 heterocycles. The molecule has 1 saturated heterocycles. The van der Waals surface area contributed by atoms with E-state index in [0.29, 0.717) is 37.6 Å². The Morgan fingerprint density at radius 1 is 1.30 bits per heavy atom. The van der Waals surface area contributed by atoms with Crippen molar-refractivity contribution in [2.24, 2.45) is 0 Å². The van der Waals surface area contributed by atoms with Gasteiger partial charge in [0.2, 0.25) is 5.91 Å². The number of benzene rings is 1. The molecule has 2 amide bonds. The van der Waals surface area contributed by atoms with Crippen LogP contribution >= 0.6 is 0 Å². The van der Waals surface area contributed by atoms with Gasteiger partial charge in [0.1, 0.15) is 11.9 Å². The average molecular weight is 332 g/mol. The van der Waals surface area contributed by atoms with E-state index in [4.69, 9.17) is 0 Å². The number of nitrogens with zero attached hydrogens (tertiary/aromatic N) is 1. The summed E-state index contributed by atoms with van der Waals surface area (Å²) in [5.41, 5.74) is -1.81. The molecule has 2 rings (SSSR count).